The van der Waals surface area contributed by atoms with E-state index in [1.807, 2.05) is 11.8 Å². The Morgan fingerprint density at radius 1 is 1.29 bits per heavy atom. The van der Waals surface area contributed by atoms with Crippen molar-refractivity contribution in [2.24, 2.45) is 5.92 Å². The second-order valence-corrected chi connectivity index (χ2v) is 6.02. The normalized spacial score (nSPS) is 31.9. The summed E-state index contributed by atoms with van der Waals surface area (Å²) in [5.74, 6) is 1.72. The number of nitrogens with zero attached hydrogens (tertiary/aromatic N) is 1. The summed E-state index contributed by atoms with van der Waals surface area (Å²) in [5.41, 5.74) is 0. The SMILES string of the molecule is S=C1C=C2SCCC2C(=S)N1C1CC1. The molecule has 0 aromatic heterocycles. The van der Waals surface area contributed by atoms with E-state index in [0.29, 0.717) is 12.0 Å². The van der Waals surface area contributed by atoms with E-state index in [1.165, 1.54) is 29.9 Å². The predicted octanol–water partition coefficient (Wildman–Crippen LogP) is 2.76. The second-order valence-electron chi connectivity index (χ2n) is 4.01. The van der Waals surface area contributed by atoms with Crippen LogP contribution >= 0.6 is 36.2 Å². The van der Waals surface area contributed by atoms with Gasteiger partial charge in [0.25, 0.3) is 0 Å². The second kappa shape index (κ2) is 3.29. The van der Waals surface area contributed by atoms with Crippen LogP contribution in [0.1, 0.15) is 19.3 Å². The molecule has 2 fully saturated rings. The van der Waals surface area contributed by atoms with Gasteiger partial charge in [-0.25, -0.2) is 0 Å². The Balaban J connectivity index is 1.96. The standard InChI is InChI=1S/C10H11NS3/c12-9-5-8-7(3-4-14-8)10(13)11(9)6-1-2-6/h5-7H,1-4H2. The lowest BCUT2D eigenvalue weighted by atomic mass is 10.0. The van der Waals surface area contributed by atoms with E-state index in [4.69, 9.17) is 24.4 Å². The fourth-order valence-electron chi connectivity index (χ4n) is 2.09. The molecular formula is C10H11NS3. The third-order valence-corrected chi connectivity index (χ3v) is 4.94. The van der Waals surface area contributed by atoms with Gasteiger partial charge in [-0.3, -0.25) is 0 Å². The third-order valence-electron chi connectivity index (χ3n) is 2.97. The van der Waals surface area contributed by atoms with Gasteiger partial charge in [0.1, 0.15) is 4.99 Å². The summed E-state index contributed by atoms with van der Waals surface area (Å²) in [7, 11) is 0. The van der Waals surface area contributed by atoms with Crippen molar-refractivity contribution in [2.45, 2.75) is 25.3 Å². The molecule has 1 unspecified atom stereocenters. The Bertz CT molecular complexity index is 343. The van der Waals surface area contributed by atoms with Crippen LogP contribution in [0.4, 0.5) is 0 Å². The van der Waals surface area contributed by atoms with Crippen LogP contribution in [0, 0.1) is 5.92 Å². The van der Waals surface area contributed by atoms with Crippen LogP contribution in [0.25, 0.3) is 0 Å². The molecule has 0 aromatic carbocycles. The summed E-state index contributed by atoms with van der Waals surface area (Å²) in [6.45, 7) is 0. The number of thiocarbonyl (C=S) groups is 2. The molecule has 3 rings (SSSR count). The first-order valence-corrected chi connectivity index (χ1v) is 6.79. The average molecular weight is 241 g/mol. The first-order chi connectivity index (χ1) is 6.77. The molecule has 0 spiro atoms. The van der Waals surface area contributed by atoms with Crippen molar-refractivity contribution in [1.82, 2.24) is 4.90 Å². The molecule has 0 amide bonds. The number of fused-ring (bicyclic) bond motifs is 1. The molecular weight excluding hydrogens is 230 g/mol. The number of thioether (sulfide) groups is 1. The van der Waals surface area contributed by atoms with Crippen LogP contribution in [0.3, 0.4) is 0 Å². The summed E-state index contributed by atoms with van der Waals surface area (Å²) in [6, 6.07) is 0.637. The highest BCUT2D eigenvalue weighted by molar-refractivity contribution is 8.03. The van der Waals surface area contributed by atoms with Gasteiger partial charge in [-0.1, -0.05) is 24.4 Å². The van der Waals surface area contributed by atoms with Gasteiger partial charge in [0.2, 0.25) is 0 Å². The lowest BCUT2D eigenvalue weighted by Gasteiger charge is -2.32. The van der Waals surface area contributed by atoms with Crippen LogP contribution in [0.2, 0.25) is 0 Å². The molecule has 74 valence electrons. The molecule has 0 bridgehead atoms. The molecule has 3 aliphatic rings. The van der Waals surface area contributed by atoms with E-state index in [2.05, 4.69) is 11.0 Å². The van der Waals surface area contributed by atoms with Gasteiger partial charge in [-0.05, 0) is 36.0 Å². The summed E-state index contributed by atoms with van der Waals surface area (Å²) in [4.78, 5) is 5.69. The van der Waals surface area contributed by atoms with Crippen molar-refractivity contribution in [2.75, 3.05) is 5.75 Å². The summed E-state index contributed by atoms with van der Waals surface area (Å²) in [5, 5.41) is 0. The highest BCUT2D eigenvalue weighted by atomic mass is 32.2. The van der Waals surface area contributed by atoms with E-state index >= 15 is 0 Å². The topological polar surface area (TPSA) is 3.24 Å². The van der Waals surface area contributed by atoms with Crippen molar-refractivity contribution in [3.05, 3.63) is 11.0 Å². The summed E-state index contributed by atoms with van der Waals surface area (Å²) in [6.07, 6.45) is 5.92. The monoisotopic (exact) mass is 241 g/mol. The molecule has 14 heavy (non-hydrogen) atoms. The zero-order chi connectivity index (χ0) is 9.71. The fourth-order valence-corrected chi connectivity index (χ4v) is 4.37. The van der Waals surface area contributed by atoms with E-state index in [1.54, 1.807) is 0 Å². The maximum absolute atomic E-state index is 5.54. The maximum atomic E-state index is 5.54. The molecule has 4 heteroatoms. The largest absolute Gasteiger partial charge is 0.323 e. The van der Waals surface area contributed by atoms with Crippen LogP contribution in [0.15, 0.2) is 11.0 Å². The fraction of sp³-hybridized carbons (Fsp3) is 0.600. The molecule has 1 nitrogen and oxygen atoms in total. The highest BCUT2D eigenvalue weighted by Crippen LogP contribution is 2.43. The lowest BCUT2D eigenvalue weighted by molar-refractivity contribution is 0.575. The molecule has 0 radical (unpaired) electrons. The van der Waals surface area contributed by atoms with Crippen LogP contribution in [-0.4, -0.2) is 26.7 Å². The van der Waals surface area contributed by atoms with Gasteiger partial charge >= 0.3 is 0 Å². The van der Waals surface area contributed by atoms with Crippen LogP contribution in [0.5, 0.6) is 0 Å². The van der Waals surface area contributed by atoms with Gasteiger partial charge in [-0.15, -0.1) is 11.8 Å². The molecule has 2 aliphatic heterocycles. The molecule has 2 heterocycles. The van der Waals surface area contributed by atoms with E-state index in [-0.39, 0.29) is 0 Å². The molecule has 1 saturated heterocycles. The summed E-state index contributed by atoms with van der Waals surface area (Å²) >= 11 is 12.9. The van der Waals surface area contributed by atoms with Crippen LogP contribution < -0.4 is 0 Å². The first-order valence-electron chi connectivity index (χ1n) is 4.99. The summed E-state index contributed by atoms with van der Waals surface area (Å²) < 4.78 is 0. The van der Waals surface area contributed by atoms with Gasteiger partial charge < -0.3 is 4.90 Å². The first kappa shape index (κ1) is 9.31. The molecule has 1 aliphatic carbocycles. The Kier molecular flexibility index (Phi) is 2.18. The van der Waals surface area contributed by atoms with Crippen molar-refractivity contribution >= 4 is 46.2 Å². The Labute approximate surface area is 98.9 Å². The lowest BCUT2D eigenvalue weighted by Crippen LogP contribution is -2.42. The minimum Gasteiger partial charge on any atom is -0.323 e. The molecule has 1 saturated carbocycles. The quantitative estimate of drug-likeness (QED) is 0.649. The van der Waals surface area contributed by atoms with E-state index < -0.39 is 0 Å². The Morgan fingerprint density at radius 2 is 2.07 bits per heavy atom. The molecule has 0 N–H and O–H groups in total. The number of rotatable bonds is 1. The van der Waals surface area contributed by atoms with E-state index in [9.17, 15) is 0 Å². The van der Waals surface area contributed by atoms with Gasteiger partial charge in [0.15, 0.2) is 0 Å². The highest BCUT2D eigenvalue weighted by Gasteiger charge is 2.40. The predicted molar refractivity (Wildman–Crippen MR) is 68.7 cm³/mol. The molecule has 0 aromatic rings. The van der Waals surface area contributed by atoms with E-state index in [0.717, 1.165) is 9.98 Å². The smallest absolute Gasteiger partial charge is 0.107 e. The van der Waals surface area contributed by atoms with Crippen LogP contribution in [-0.2, 0) is 0 Å². The number of hydrogen-bond donors (Lipinski definition) is 0. The third kappa shape index (κ3) is 1.35. The Hall–Kier alpha value is 0.0700. The van der Waals surface area contributed by atoms with Gasteiger partial charge in [0.05, 0.1) is 4.99 Å². The van der Waals surface area contributed by atoms with Gasteiger partial charge in [-0.2, -0.15) is 0 Å². The zero-order valence-corrected chi connectivity index (χ0v) is 10.2. The molecule has 1 atom stereocenters. The number of hydrogen-bond acceptors (Lipinski definition) is 3. The average Bonchev–Trinajstić information content (AvgIpc) is 2.84. The van der Waals surface area contributed by atoms with Crippen molar-refractivity contribution in [3.8, 4) is 0 Å². The maximum Gasteiger partial charge on any atom is 0.107 e. The van der Waals surface area contributed by atoms with Crippen molar-refractivity contribution in [1.29, 1.82) is 0 Å². The minimum absolute atomic E-state index is 0.516. The minimum atomic E-state index is 0.516. The van der Waals surface area contributed by atoms with Crippen molar-refractivity contribution < 1.29 is 0 Å². The zero-order valence-electron chi connectivity index (χ0n) is 7.73. The Morgan fingerprint density at radius 3 is 2.79 bits per heavy atom. The van der Waals surface area contributed by atoms with Gasteiger partial charge in [0, 0.05) is 12.0 Å². The van der Waals surface area contributed by atoms with Crippen molar-refractivity contribution in [3.63, 3.8) is 0 Å².